The first-order valence-corrected chi connectivity index (χ1v) is 8.43. The number of aryl methyl sites for hydroxylation is 2. The third kappa shape index (κ3) is 2.60. The maximum atomic E-state index is 6.36. The summed E-state index contributed by atoms with van der Waals surface area (Å²) in [4.78, 5) is 6.23. The first-order valence-electron chi connectivity index (χ1n) is 6.86. The summed E-state index contributed by atoms with van der Waals surface area (Å²) in [6.07, 6.45) is 3.48. The number of benzene rings is 1. The number of hydrogen-bond acceptors (Lipinski definition) is 3. The van der Waals surface area contributed by atoms with Crippen LogP contribution >= 0.6 is 34.5 Å². The van der Waals surface area contributed by atoms with Crippen molar-refractivity contribution >= 4 is 34.5 Å². The molecule has 20 heavy (non-hydrogen) atoms. The fourth-order valence-electron chi connectivity index (χ4n) is 2.64. The van der Waals surface area contributed by atoms with Crippen LogP contribution in [-0.4, -0.2) is 11.5 Å². The lowest BCUT2D eigenvalue weighted by Crippen LogP contribution is -2.22. The number of thiazole rings is 1. The average molecular weight is 327 g/mol. The smallest absolute Gasteiger partial charge is 0.115 e. The molecule has 106 valence electrons. The fourth-order valence-corrected chi connectivity index (χ4v) is 4.49. The Morgan fingerprint density at radius 1 is 1.30 bits per heavy atom. The van der Waals surface area contributed by atoms with Gasteiger partial charge >= 0.3 is 0 Å². The zero-order chi connectivity index (χ0) is 14.1. The molecule has 1 aromatic heterocycles. The third-order valence-electron chi connectivity index (χ3n) is 3.56. The van der Waals surface area contributed by atoms with E-state index in [0.29, 0.717) is 10.0 Å². The van der Waals surface area contributed by atoms with Crippen molar-refractivity contribution in [2.24, 2.45) is 0 Å². The van der Waals surface area contributed by atoms with Crippen LogP contribution in [0.25, 0.3) is 0 Å². The van der Waals surface area contributed by atoms with Crippen molar-refractivity contribution in [3.8, 4) is 0 Å². The van der Waals surface area contributed by atoms with Gasteiger partial charge in [-0.1, -0.05) is 36.2 Å². The lowest BCUT2D eigenvalue weighted by atomic mass is 10.1. The summed E-state index contributed by atoms with van der Waals surface area (Å²) < 4.78 is 0. The Labute approximate surface area is 133 Å². The molecule has 0 aliphatic heterocycles. The molecule has 1 unspecified atom stereocenters. The molecule has 0 amide bonds. The van der Waals surface area contributed by atoms with Crippen molar-refractivity contribution in [2.45, 2.75) is 32.2 Å². The van der Waals surface area contributed by atoms with Crippen molar-refractivity contribution in [3.63, 3.8) is 0 Å². The van der Waals surface area contributed by atoms with E-state index in [4.69, 9.17) is 28.2 Å². The lowest BCUT2D eigenvalue weighted by Gasteiger charge is -2.18. The van der Waals surface area contributed by atoms with Gasteiger partial charge in [-0.15, -0.1) is 11.3 Å². The maximum Gasteiger partial charge on any atom is 0.115 e. The van der Waals surface area contributed by atoms with Crippen molar-refractivity contribution in [1.29, 1.82) is 0 Å². The van der Waals surface area contributed by atoms with Crippen molar-refractivity contribution in [2.75, 3.05) is 6.54 Å². The molecule has 0 fully saturated rings. The van der Waals surface area contributed by atoms with Gasteiger partial charge in [-0.3, -0.25) is 0 Å². The molecule has 1 heterocycles. The largest absolute Gasteiger partial charge is 0.304 e. The molecule has 1 aliphatic rings. The highest BCUT2D eigenvalue weighted by Gasteiger charge is 2.25. The Hall–Kier alpha value is -0.610. The summed E-state index contributed by atoms with van der Waals surface area (Å²) in [5, 5.41) is 5.93. The second-order valence-corrected chi connectivity index (χ2v) is 6.83. The molecule has 1 aliphatic carbocycles. The fraction of sp³-hybridized carbons (Fsp3) is 0.400. The van der Waals surface area contributed by atoms with E-state index in [1.165, 1.54) is 17.0 Å². The van der Waals surface area contributed by atoms with Gasteiger partial charge in [-0.05, 0) is 37.9 Å². The SMILES string of the molecule is CCNC(c1nc2c(s1)CCC2)c1c(Cl)cccc1Cl. The van der Waals surface area contributed by atoms with Gasteiger partial charge < -0.3 is 5.32 Å². The summed E-state index contributed by atoms with van der Waals surface area (Å²) >= 11 is 14.5. The quantitative estimate of drug-likeness (QED) is 0.885. The van der Waals surface area contributed by atoms with Gasteiger partial charge in [-0.25, -0.2) is 4.98 Å². The maximum absolute atomic E-state index is 6.36. The number of rotatable bonds is 4. The Balaban J connectivity index is 2.04. The molecule has 0 bridgehead atoms. The predicted octanol–water partition coefficient (Wildman–Crippen LogP) is 4.64. The van der Waals surface area contributed by atoms with Gasteiger partial charge in [0.1, 0.15) is 5.01 Å². The van der Waals surface area contributed by atoms with Gasteiger partial charge in [0.15, 0.2) is 0 Å². The number of fused-ring (bicyclic) bond motifs is 1. The summed E-state index contributed by atoms with van der Waals surface area (Å²) in [5.41, 5.74) is 2.20. The molecule has 3 rings (SSSR count). The van der Waals surface area contributed by atoms with Gasteiger partial charge in [0.05, 0.1) is 11.7 Å². The Bertz CT molecular complexity index is 583. The summed E-state index contributed by atoms with van der Waals surface area (Å²) in [7, 11) is 0. The van der Waals surface area contributed by atoms with Crippen LogP contribution in [0.2, 0.25) is 10.0 Å². The highest BCUT2D eigenvalue weighted by atomic mass is 35.5. The van der Waals surface area contributed by atoms with E-state index in [1.807, 2.05) is 18.2 Å². The van der Waals surface area contributed by atoms with E-state index in [1.54, 1.807) is 11.3 Å². The molecular weight excluding hydrogens is 311 g/mol. The van der Waals surface area contributed by atoms with E-state index in [0.717, 1.165) is 30.0 Å². The second kappa shape index (κ2) is 6.02. The van der Waals surface area contributed by atoms with E-state index in [9.17, 15) is 0 Å². The zero-order valence-corrected chi connectivity index (χ0v) is 13.6. The number of halogens is 2. The highest BCUT2D eigenvalue weighted by molar-refractivity contribution is 7.11. The Morgan fingerprint density at radius 2 is 2.05 bits per heavy atom. The van der Waals surface area contributed by atoms with Gasteiger partial charge in [0.25, 0.3) is 0 Å². The minimum Gasteiger partial charge on any atom is -0.304 e. The van der Waals surface area contributed by atoms with Gasteiger partial charge in [0.2, 0.25) is 0 Å². The minimum absolute atomic E-state index is 0.0169. The van der Waals surface area contributed by atoms with Crippen LogP contribution in [0.3, 0.4) is 0 Å². The van der Waals surface area contributed by atoms with Crippen molar-refractivity contribution < 1.29 is 0 Å². The lowest BCUT2D eigenvalue weighted by molar-refractivity contribution is 0.625. The van der Waals surface area contributed by atoms with E-state index < -0.39 is 0 Å². The third-order valence-corrected chi connectivity index (χ3v) is 5.44. The molecule has 1 N–H and O–H groups in total. The molecule has 5 heteroatoms. The molecule has 0 saturated carbocycles. The van der Waals surface area contributed by atoms with Crippen LogP contribution in [-0.2, 0) is 12.8 Å². The van der Waals surface area contributed by atoms with Crippen LogP contribution < -0.4 is 5.32 Å². The second-order valence-electron chi connectivity index (χ2n) is 4.90. The number of aromatic nitrogens is 1. The van der Waals surface area contributed by atoms with Gasteiger partial charge in [0, 0.05) is 20.5 Å². The van der Waals surface area contributed by atoms with E-state index in [-0.39, 0.29) is 6.04 Å². The van der Waals surface area contributed by atoms with E-state index in [2.05, 4.69) is 12.2 Å². The zero-order valence-electron chi connectivity index (χ0n) is 11.2. The van der Waals surface area contributed by atoms with Crippen LogP contribution in [0.1, 0.15) is 40.5 Å². The van der Waals surface area contributed by atoms with Crippen LogP contribution in [0.4, 0.5) is 0 Å². The first kappa shape index (κ1) is 14.3. The molecule has 2 nitrogen and oxygen atoms in total. The van der Waals surface area contributed by atoms with Crippen molar-refractivity contribution in [1.82, 2.24) is 10.3 Å². The standard InChI is InChI=1S/C15H16Cl2N2S/c1-2-18-14(13-9(16)5-3-6-10(13)17)15-19-11-7-4-8-12(11)20-15/h3,5-6,14,18H,2,4,7-8H2,1H3. The summed E-state index contributed by atoms with van der Waals surface area (Å²) in [6, 6.07) is 5.62. The van der Waals surface area contributed by atoms with Gasteiger partial charge in [-0.2, -0.15) is 0 Å². The van der Waals surface area contributed by atoms with Crippen LogP contribution in [0.15, 0.2) is 18.2 Å². The highest BCUT2D eigenvalue weighted by Crippen LogP contribution is 2.38. The molecule has 0 radical (unpaired) electrons. The molecule has 2 aromatic rings. The topological polar surface area (TPSA) is 24.9 Å². The summed E-state index contributed by atoms with van der Waals surface area (Å²) in [6.45, 7) is 2.93. The van der Waals surface area contributed by atoms with Crippen LogP contribution in [0.5, 0.6) is 0 Å². The predicted molar refractivity (Wildman–Crippen MR) is 86.1 cm³/mol. The monoisotopic (exact) mass is 326 g/mol. The minimum atomic E-state index is -0.0169. The normalized spacial score (nSPS) is 15.3. The number of nitrogens with one attached hydrogen (secondary N) is 1. The molecule has 0 spiro atoms. The summed E-state index contributed by atoms with van der Waals surface area (Å²) in [5.74, 6) is 0. The average Bonchev–Trinajstić information content (AvgIpc) is 2.98. The van der Waals surface area contributed by atoms with Crippen LogP contribution in [0, 0.1) is 0 Å². The molecule has 0 saturated heterocycles. The van der Waals surface area contributed by atoms with Crippen molar-refractivity contribution in [3.05, 3.63) is 49.4 Å². The first-order chi connectivity index (χ1) is 9.70. The molecular formula is C15H16Cl2N2S. The molecule has 1 atom stereocenters. The number of nitrogens with zero attached hydrogens (tertiary/aromatic N) is 1. The molecule has 1 aromatic carbocycles. The Morgan fingerprint density at radius 3 is 2.70 bits per heavy atom. The Kier molecular flexibility index (Phi) is 4.32. The van der Waals surface area contributed by atoms with E-state index >= 15 is 0 Å². The number of hydrogen-bond donors (Lipinski definition) is 1.